The Balaban J connectivity index is 1.97. The molecule has 2 amide bonds. The molecule has 2 heterocycles. The number of rotatable bonds is 4. The predicted molar refractivity (Wildman–Crippen MR) is 98.9 cm³/mol. The largest absolute Gasteiger partial charge is 0.375 e. The highest BCUT2D eigenvalue weighted by Gasteiger charge is 2.38. The highest BCUT2D eigenvalue weighted by atomic mass is 35.5. The molecule has 132 valence electrons. The predicted octanol–water partition coefficient (Wildman–Crippen LogP) is 3.08. The van der Waals surface area contributed by atoms with E-state index in [0.717, 1.165) is 5.56 Å². The number of halogens is 1. The van der Waals surface area contributed by atoms with Gasteiger partial charge in [0.15, 0.2) is 0 Å². The van der Waals surface area contributed by atoms with Crippen molar-refractivity contribution in [2.45, 2.75) is 32.5 Å². The van der Waals surface area contributed by atoms with Crippen LogP contribution in [0.4, 0.5) is 16.3 Å². The Hall–Kier alpha value is -2.15. The molecule has 1 fully saturated rings. The molecule has 1 saturated heterocycles. The fraction of sp³-hybridized carbons (Fsp3) is 0.333. The molecule has 0 aliphatic carbocycles. The number of hydrogen-bond acceptors (Lipinski definition) is 4. The smallest absolute Gasteiger partial charge is 0.330 e. The third kappa shape index (κ3) is 3.20. The fourth-order valence-electron chi connectivity index (χ4n) is 3.16. The van der Waals surface area contributed by atoms with Crippen molar-refractivity contribution in [2.75, 3.05) is 16.3 Å². The second kappa shape index (κ2) is 7.00. The zero-order valence-electron chi connectivity index (χ0n) is 14.2. The van der Waals surface area contributed by atoms with Crippen molar-refractivity contribution < 1.29 is 9.90 Å². The van der Waals surface area contributed by atoms with Gasteiger partial charge in [0.05, 0.1) is 6.04 Å². The third-order valence-electron chi connectivity index (χ3n) is 4.40. The molecule has 3 N–H and O–H groups in total. The SMILES string of the molecule is CCc1c(Cl)ccnc1N1C[C@@H](C)N(c2cccc(C(N)O)c2)C1=O. The van der Waals surface area contributed by atoms with Crippen LogP contribution < -0.4 is 15.5 Å². The van der Waals surface area contributed by atoms with Gasteiger partial charge in [-0.15, -0.1) is 0 Å². The topological polar surface area (TPSA) is 82.7 Å². The number of anilines is 2. The minimum atomic E-state index is -1.08. The van der Waals surface area contributed by atoms with Gasteiger partial charge >= 0.3 is 6.03 Å². The molecule has 2 aromatic rings. The van der Waals surface area contributed by atoms with Crippen molar-refractivity contribution in [1.29, 1.82) is 0 Å². The molecule has 1 unspecified atom stereocenters. The number of aliphatic hydroxyl groups is 1. The molecule has 0 saturated carbocycles. The number of benzene rings is 1. The van der Waals surface area contributed by atoms with Crippen molar-refractivity contribution in [3.05, 3.63) is 52.7 Å². The summed E-state index contributed by atoms with van der Waals surface area (Å²) in [6.07, 6.45) is 1.23. The maximum atomic E-state index is 13.1. The number of aromatic nitrogens is 1. The molecule has 6 nitrogen and oxygen atoms in total. The monoisotopic (exact) mass is 360 g/mol. The molecule has 0 spiro atoms. The molecular weight excluding hydrogens is 340 g/mol. The number of hydrogen-bond donors (Lipinski definition) is 2. The standard InChI is InChI=1S/C18H21ClN4O2/c1-3-14-15(19)7-8-21-17(14)22-10-11(2)23(18(22)25)13-6-4-5-12(9-13)16(20)24/h4-9,11,16,24H,3,10,20H2,1-2H3/t11-,16?/m1/s1. The van der Waals surface area contributed by atoms with Crippen LogP contribution in [-0.4, -0.2) is 28.7 Å². The molecule has 0 radical (unpaired) electrons. The van der Waals surface area contributed by atoms with Crippen molar-refractivity contribution in [3.63, 3.8) is 0 Å². The quantitative estimate of drug-likeness (QED) is 0.821. The molecule has 2 atom stereocenters. The van der Waals surface area contributed by atoms with Gasteiger partial charge in [-0.05, 0) is 37.1 Å². The first kappa shape index (κ1) is 17.7. The molecular formula is C18H21ClN4O2. The first-order valence-electron chi connectivity index (χ1n) is 8.21. The summed E-state index contributed by atoms with van der Waals surface area (Å²) in [4.78, 5) is 20.8. The van der Waals surface area contributed by atoms with E-state index < -0.39 is 6.23 Å². The minimum Gasteiger partial charge on any atom is -0.375 e. The van der Waals surface area contributed by atoms with Crippen molar-refractivity contribution >= 4 is 29.1 Å². The minimum absolute atomic E-state index is 0.0526. The maximum absolute atomic E-state index is 13.1. The Morgan fingerprint density at radius 1 is 1.44 bits per heavy atom. The van der Waals surface area contributed by atoms with E-state index >= 15 is 0 Å². The Labute approximate surface area is 151 Å². The first-order valence-corrected chi connectivity index (χ1v) is 8.59. The Bertz CT molecular complexity index is 796. The summed E-state index contributed by atoms with van der Waals surface area (Å²) in [6.45, 7) is 4.47. The van der Waals surface area contributed by atoms with E-state index in [4.69, 9.17) is 17.3 Å². The van der Waals surface area contributed by atoms with Crippen LogP contribution in [-0.2, 0) is 6.42 Å². The number of carbonyl (C=O) groups is 1. The molecule has 0 bridgehead atoms. The van der Waals surface area contributed by atoms with Gasteiger partial charge in [-0.1, -0.05) is 30.7 Å². The normalized spacial score (nSPS) is 18.8. The molecule has 1 aromatic carbocycles. The second-order valence-electron chi connectivity index (χ2n) is 6.10. The highest BCUT2D eigenvalue weighted by molar-refractivity contribution is 6.31. The molecule has 25 heavy (non-hydrogen) atoms. The summed E-state index contributed by atoms with van der Waals surface area (Å²) in [6, 6.07) is 8.58. The summed E-state index contributed by atoms with van der Waals surface area (Å²) < 4.78 is 0. The maximum Gasteiger partial charge on any atom is 0.330 e. The summed E-state index contributed by atoms with van der Waals surface area (Å²) in [5.74, 6) is 0.601. The summed E-state index contributed by atoms with van der Waals surface area (Å²) >= 11 is 6.27. The van der Waals surface area contributed by atoms with Crippen LogP contribution in [0.25, 0.3) is 0 Å². The second-order valence-corrected chi connectivity index (χ2v) is 6.51. The lowest BCUT2D eigenvalue weighted by Crippen LogP contribution is -2.34. The van der Waals surface area contributed by atoms with Crippen molar-refractivity contribution in [3.8, 4) is 0 Å². The van der Waals surface area contributed by atoms with Crippen LogP contribution in [0.5, 0.6) is 0 Å². The third-order valence-corrected chi connectivity index (χ3v) is 4.75. The summed E-state index contributed by atoms with van der Waals surface area (Å²) in [5.41, 5.74) is 7.66. The number of nitrogens with two attached hydrogens (primary N) is 1. The number of aliphatic hydroxyl groups excluding tert-OH is 1. The zero-order chi connectivity index (χ0) is 18.1. The number of nitrogens with zero attached hydrogens (tertiary/aromatic N) is 3. The van der Waals surface area contributed by atoms with E-state index in [1.165, 1.54) is 0 Å². The first-order chi connectivity index (χ1) is 11.9. The van der Waals surface area contributed by atoms with Crippen LogP contribution in [0.1, 0.15) is 31.2 Å². The van der Waals surface area contributed by atoms with E-state index in [1.54, 1.807) is 40.3 Å². The van der Waals surface area contributed by atoms with Crippen LogP contribution in [0.15, 0.2) is 36.5 Å². The highest BCUT2D eigenvalue weighted by Crippen LogP contribution is 2.32. The summed E-state index contributed by atoms with van der Waals surface area (Å²) in [7, 11) is 0. The zero-order valence-corrected chi connectivity index (χ0v) is 14.9. The van der Waals surface area contributed by atoms with E-state index in [9.17, 15) is 9.90 Å². The number of carbonyl (C=O) groups excluding carboxylic acids is 1. The average Bonchev–Trinajstić information content (AvgIpc) is 2.89. The van der Waals surface area contributed by atoms with Gasteiger partial charge in [0.1, 0.15) is 12.0 Å². The van der Waals surface area contributed by atoms with Gasteiger partial charge in [-0.25, -0.2) is 9.78 Å². The Kier molecular flexibility index (Phi) is 4.94. The van der Waals surface area contributed by atoms with Crippen LogP contribution in [0.3, 0.4) is 0 Å². The Morgan fingerprint density at radius 3 is 2.88 bits per heavy atom. The van der Waals surface area contributed by atoms with Gasteiger partial charge in [0.2, 0.25) is 0 Å². The van der Waals surface area contributed by atoms with Gasteiger partial charge in [-0.3, -0.25) is 9.80 Å². The molecule has 1 aliphatic rings. The van der Waals surface area contributed by atoms with Crippen LogP contribution in [0.2, 0.25) is 5.02 Å². The lowest BCUT2D eigenvalue weighted by atomic mass is 10.1. The number of pyridine rings is 1. The van der Waals surface area contributed by atoms with Gasteiger partial charge in [-0.2, -0.15) is 0 Å². The average molecular weight is 361 g/mol. The number of urea groups is 1. The van der Waals surface area contributed by atoms with Gasteiger partial charge in [0, 0.05) is 29.0 Å². The van der Waals surface area contributed by atoms with E-state index in [0.29, 0.717) is 35.1 Å². The van der Waals surface area contributed by atoms with Crippen LogP contribution in [0, 0.1) is 0 Å². The van der Waals surface area contributed by atoms with E-state index in [-0.39, 0.29) is 12.1 Å². The van der Waals surface area contributed by atoms with Crippen molar-refractivity contribution in [1.82, 2.24) is 4.98 Å². The van der Waals surface area contributed by atoms with Crippen LogP contribution >= 0.6 is 11.6 Å². The van der Waals surface area contributed by atoms with Gasteiger partial charge in [0.25, 0.3) is 0 Å². The van der Waals surface area contributed by atoms with Gasteiger partial charge < -0.3 is 10.8 Å². The van der Waals surface area contributed by atoms with E-state index in [1.807, 2.05) is 19.9 Å². The Morgan fingerprint density at radius 2 is 2.20 bits per heavy atom. The summed E-state index contributed by atoms with van der Waals surface area (Å²) in [5, 5.41) is 10.2. The molecule has 3 rings (SSSR count). The lowest BCUT2D eigenvalue weighted by Gasteiger charge is -2.22. The molecule has 1 aliphatic heterocycles. The lowest BCUT2D eigenvalue weighted by molar-refractivity contribution is 0.186. The van der Waals surface area contributed by atoms with Crippen molar-refractivity contribution in [2.24, 2.45) is 5.73 Å². The molecule has 1 aromatic heterocycles. The molecule has 7 heteroatoms. The number of amides is 2. The van der Waals surface area contributed by atoms with E-state index in [2.05, 4.69) is 4.98 Å². The fourth-order valence-corrected chi connectivity index (χ4v) is 3.44.